The zero-order valence-corrected chi connectivity index (χ0v) is 13.8. The number of amides is 2. The number of allylic oxidation sites excluding steroid dienone is 2. The van der Waals surface area contributed by atoms with E-state index < -0.39 is 5.82 Å². The summed E-state index contributed by atoms with van der Waals surface area (Å²) in [5.74, 6) is -0.0305. The monoisotopic (exact) mass is 330 g/mol. The fourth-order valence-corrected chi connectivity index (χ4v) is 3.39. The lowest BCUT2D eigenvalue weighted by molar-refractivity contribution is -0.131. The number of rotatable bonds is 3. The van der Waals surface area contributed by atoms with Crippen LogP contribution in [0.3, 0.4) is 0 Å². The van der Waals surface area contributed by atoms with Gasteiger partial charge in [-0.2, -0.15) is 0 Å². The summed E-state index contributed by atoms with van der Waals surface area (Å²) in [6, 6.07) is 5.77. The van der Waals surface area contributed by atoms with E-state index in [1.54, 1.807) is 17.0 Å². The number of hydrogen-bond donors (Lipinski definition) is 0. The van der Waals surface area contributed by atoms with Gasteiger partial charge in [0.2, 0.25) is 5.91 Å². The molecule has 4 nitrogen and oxygen atoms in total. The van der Waals surface area contributed by atoms with Crippen LogP contribution in [0.4, 0.5) is 4.39 Å². The summed E-state index contributed by atoms with van der Waals surface area (Å²) in [7, 11) is 0. The second-order valence-electron chi connectivity index (χ2n) is 6.51. The first-order valence-electron chi connectivity index (χ1n) is 8.63. The Balaban J connectivity index is 1.57. The van der Waals surface area contributed by atoms with E-state index in [2.05, 4.69) is 12.2 Å². The summed E-state index contributed by atoms with van der Waals surface area (Å²) < 4.78 is 13.3. The molecule has 1 fully saturated rings. The van der Waals surface area contributed by atoms with Crippen LogP contribution in [0.25, 0.3) is 0 Å². The minimum absolute atomic E-state index is 0.164. The first-order valence-corrected chi connectivity index (χ1v) is 8.63. The van der Waals surface area contributed by atoms with Crippen molar-refractivity contribution in [3.8, 4) is 0 Å². The Labute approximate surface area is 141 Å². The third-order valence-electron chi connectivity index (χ3n) is 4.76. The van der Waals surface area contributed by atoms with E-state index in [1.165, 1.54) is 12.1 Å². The van der Waals surface area contributed by atoms with E-state index in [0.717, 1.165) is 19.3 Å². The van der Waals surface area contributed by atoms with Gasteiger partial charge in [-0.3, -0.25) is 9.59 Å². The molecule has 24 heavy (non-hydrogen) atoms. The molecule has 1 aromatic rings. The average molecular weight is 330 g/mol. The first kappa shape index (κ1) is 16.7. The van der Waals surface area contributed by atoms with Crippen LogP contribution in [-0.2, 0) is 4.79 Å². The van der Waals surface area contributed by atoms with Crippen molar-refractivity contribution in [3.63, 3.8) is 0 Å². The van der Waals surface area contributed by atoms with Crippen LogP contribution in [-0.4, -0.2) is 47.8 Å². The van der Waals surface area contributed by atoms with Gasteiger partial charge in [0.25, 0.3) is 5.91 Å². The van der Waals surface area contributed by atoms with Gasteiger partial charge in [0.05, 0.1) is 0 Å². The maximum Gasteiger partial charge on any atom is 0.254 e. The highest BCUT2D eigenvalue weighted by molar-refractivity contribution is 5.94. The molecular weight excluding hydrogens is 307 g/mol. The fourth-order valence-electron chi connectivity index (χ4n) is 3.39. The SMILES string of the molecule is O=C(C[C@H]1C=CCC1)N1CCCN(C(=O)c2cccc(F)c2)CC1. The Morgan fingerprint density at radius 3 is 2.67 bits per heavy atom. The van der Waals surface area contributed by atoms with Crippen LogP contribution in [0, 0.1) is 11.7 Å². The lowest BCUT2D eigenvalue weighted by Gasteiger charge is -2.23. The molecule has 1 saturated heterocycles. The molecule has 2 aliphatic rings. The molecule has 0 radical (unpaired) electrons. The maximum atomic E-state index is 13.3. The Morgan fingerprint density at radius 1 is 1.12 bits per heavy atom. The molecule has 1 aliphatic heterocycles. The molecule has 3 rings (SSSR count). The molecule has 0 aromatic heterocycles. The topological polar surface area (TPSA) is 40.6 Å². The standard InChI is InChI=1S/C19H23FN2O2/c20-17-8-3-7-16(14-17)19(24)22-10-4-9-21(11-12-22)18(23)13-15-5-1-2-6-15/h1,3,5,7-8,14-15H,2,4,6,9-13H2/t15-/m0/s1. The van der Waals surface area contributed by atoms with E-state index in [1.807, 2.05) is 4.90 Å². The third kappa shape index (κ3) is 4.02. The smallest absolute Gasteiger partial charge is 0.254 e. The number of benzene rings is 1. The van der Waals surface area contributed by atoms with Crippen molar-refractivity contribution >= 4 is 11.8 Å². The second-order valence-corrected chi connectivity index (χ2v) is 6.51. The van der Waals surface area contributed by atoms with Gasteiger partial charge in [-0.1, -0.05) is 18.2 Å². The zero-order chi connectivity index (χ0) is 16.9. The van der Waals surface area contributed by atoms with E-state index in [-0.39, 0.29) is 11.8 Å². The van der Waals surface area contributed by atoms with Gasteiger partial charge >= 0.3 is 0 Å². The highest BCUT2D eigenvalue weighted by atomic mass is 19.1. The van der Waals surface area contributed by atoms with Crippen molar-refractivity contribution in [2.75, 3.05) is 26.2 Å². The molecule has 0 spiro atoms. The summed E-state index contributed by atoms with van der Waals surface area (Å²) in [5.41, 5.74) is 0.367. The van der Waals surface area contributed by atoms with Crippen molar-refractivity contribution in [2.45, 2.75) is 25.7 Å². The van der Waals surface area contributed by atoms with Crippen molar-refractivity contribution in [2.24, 2.45) is 5.92 Å². The Morgan fingerprint density at radius 2 is 1.92 bits per heavy atom. The van der Waals surface area contributed by atoms with E-state index in [9.17, 15) is 14.0 Å². The summed E-state index contributed by atoms with van der Waals surface area (Å²) in [6.07, 6.45) is 7.72. The van der Waals surface area contributed by atoms with Gasteiger partial charge in [-0.15, -0.1) is 0 Å². The highest BCUT2D eigenvalue weighted by Crippen LogP contribution is 2.21. The van der Waals surface area contributed by atoms with Gasteiger partial charge in [0.15, 0.2) is 0 Å². The van der Waals surface area contributed by atoms with E-state index in [0.29, 0.717) is 44.1 Å². The molecule has 1 atom stereocenters. The summed E-state index contributed by atoms with van der Waals surface area (Å²) in [6.45, 7) is 2.34. The van der Waals surface area contributed by atoms with E-state index in [4.69, 9.17) is 0 Å². The third-order valence-corrected chi connectivity index (χ3v) is 4.76. The number of carbonyl (C=O) groups excluding carboxylic acids is 2. The number of nitrogens with zero attached hydrogens (tertiary/aromatic N) is 2. The van der Waals surface area contributed by atoms with Crippen molar-refractivity contribution < 1.29 is 14.0 Å². The molecule has 0 saturated carbocycles. The quantitative estimate of drug-likeness (QED) is 0.800. The lowest BCUT2D eigenvalue weighted by atomic mass is 10.0. The minimum Gasteiger partial charge on any atom is -0.341 e. The van der Waals surface area contributed by atoms with Gasteiger partial charge in [0, 0.05) is 38.2 Å². The van der Waals surface area contributed by atoms with Crippen LogP contribution in [0.5, 0.6) is 0 Å². The van der Waals surface area contributed by atoms with Crippen LogP contribution in [0.2, 0.25) is 0 Å². The normalized spacial score (nSPS) is 21.0. The predicted octanol–water partition coefficient (Wildman–Crippen LogP) is 2.86. The second kappa shape index (κ2) is 7.60. The van der Waals surface area contributed by atoms with Crippen molar-refractivity contribution in [3.05, 3.63) is 47.8 Å². The molecule has 0 N–H and O–H groups in total. The van der Waals surface area contributed by atoms with Crippen LogP contribution < -0.4 is 0 Å². The van der Waals surface area contributed by atoms with Crippen molar-refractivity contribution in [1.82, 2.24) is 9.80 Å². The van der Waals surface area contributed by atoms with Gasteiger partial charge in [-0.25, -0.2) is 4.39 Å². The summed E-state index contributed by atoms with van der Waals surface area (Å²) in [5, 5.41) is 0. The summed E-state index contributed by atoms with van der Waals surface area (Å²) in [4.78, 5) is 28.5. The lowest BCUT2D eigenvalue weighted by Crippen LogP contribution is -2.37. The number of carbonyl (C=O) groups is 2. The molecule has 1 aliphatic carbocycles. The minimum atomic E-state index is -0.405. The fraction of sp³-hybridized carbons (Fsp3) is 0.474. The van der Waals surface area contributed by atoms with E-state index >= 15 is 0 Å². The van der Waals surface area contributed by atoms with Crippen molar-refractivity contribution in [1.29, 1.82) is 0 Å². The van der Waals surface area contributed by atoms with Gasteiger partial charge in [-0.05, 0) is 43.4 Å². The molecule has 1 aromatic carbocycles. The zero-order valence-electron chi connectivity index (χ0n) is 13.8. The van der Waals surface area contributed by atoms with Crippen LogP contribution in [0.15, 0.2) is 36.4 Å². The number of hydrogen-bond acceptors (Lipinski definition) is 2. The molecule has 2 amide bonds. The molecule has 128 valence electrons. The Kier molecular flexibility index (Phi) is 5.28. The molecule has 1 heterocycles. The molecular formula is C19H23FN2O2. The molecule has 5 heteroatoms. The summed E-state index contributed by atoms with van der Waals surface area (Å²) >= 11 is 0. The molecule has 0 bridgehead atoms. The maximum absolute atomic E-state index is 13.3. The Bertz CT molecular complexity index is 644. The van der Waals surface area contributed by atoms with Crippen LogP contribution in [0.1, 0.15) is 36.0 Å². The predicted molar refractivity (Wildman–Crippen MR) is 90.0 cm³/mol. The highest BCUT2D eigenvalue weighted by Gasteiger charge is 2.24. The molecule has 0 unspecified atom stereocenters. The Hall–Kier alpha value is -2.17. The first-order chi connectivity index (χ1) is 11.6. The van der Waals surface area contributed by atoms with Gasteiger partial charge in [0.1, 0.15) is 5.82 Å². The number of halogens is 1. The van der Waals surface area contributed by atoms with Crippen LogP contribution >= 0.6 is 0 Å². The largest absolute Gasteiger partial charge is 0.341 e. The van der Waals surface area contributed by atoms with Gasteiger partial charge < -0.3 is 9.80 Å². The average Bonchev–Trinajstić information content (AvgIpc) is 2.95.